The summed E-state index contributed by atoms with van der Waals surface area (Å²) in [5, 5.41) is 3.16. The first-order chi connectivity index (χ1) is 9.65. The number of likely N-dealkylation sites (tertiary alicyclic amines) is 1. The van der Waals surface area contributed by atoms with E-state index in [2.05, 4.69) is 5.32 Å². The molecule has 1 N–H and O–H groups in total. The van der Waals surface area contributed by atoms with Crippen LogP contribution in [0.25, 0.3) is 0 Å². The Bertz CT molecular complexity index is 486. The second-order valence-corrected chi connectivity index (χ2v) is 4.87. The second kappa shape index (κ2) is 6.52. The van der Waals surface area contributed by atoms with Crippen molar-refractivity contribution < 1.29 is 14.3 Å². The number of carbonyl (C=O) groups is 2. The van der Waals surface area contributed by atoms with Gasteiger partial charge in [-0.1, -0.05) is 12.1 Å². The standard InChI is InChI=1S/C15H20N2O3/c1-16-13(11-5-3-6-12(9-11)20-2)10-17-14(18)7-4-8-15(17)19/h3,5-6,9,13,16H,4,7-8,10H2,1-2H3. The molecular formula is C15H20N2O3. The van der Waals surface area contributed by atoms with E-state index in [1.807, 2.05) is 31.3 Å². The third-order valence-corrected chi connectivity index (χ3v) is 3.59. The maximum atomic E-state index is 11.9. The number of hydrogen-bond acceptors (Lipinski definition) is 4. The first-order valence-electron chi connectivity index (χ1n) is 6.80. The van der Waals surface area contributed by atoms with E-state index >= 15 is 0 Å². The number of rotatable bonds is 5. The molecule has 0 saturated carbocycles. The molecule has 1 fully saturated rings. The largest absolute Gasteiger partial charge is 0.497 e. The first kappa shape index (κ1) is 14.5. The molecule has 2 amide bonds. The first-order valence-corrected chi connectivity index (χ1v) is 6.80. The Kier molecular flexibility index (Phi) is 4.74. The number of hydrogen-bond donors (Lipinski definition) is 1. The molecule has 0 radical (unpaired) electrons. The molecule has 1 aliphatic rings. The molecule has 0 bridgehead atoms. The zero-order chi connectivity index (χ0) is 14.5. The van der Waals surface area contributed by atoms with Gasteiger partial charge in [0, 0.05) is 19.4 Å². The molecule has 2 rings (SSSR count). The molecule has 1 aromatic carbocycles. The fourth-order valence-corrected chi connectivity index (χ4v) is 2.41. The number of amides is 2. The lowest BCUT2D eigenvalue weighted by atomic mass is 10.0. The third-order valence-electron chi connectivity index (χ3n) is 3.59. The maximum Gasteiger partial charge on any atom is 0.229 e. The number of carbonyl (C=O) groups excluding carboxylic acids is 2. The van der Waals surface area contributed by atoms with Crippen molar-refractivity contribution in [3.8, 4) is 5.75 Å². The van der Waals surface area contributed by atoms with E-state index in [1.54, 1.807) is 7.11 Å². The predicted molar refractivity (Wildman–Crippen MR) is 75.4 cm³/mol. The molecule has 0 aliphatic carbocycles. The Morgan fingerprint density at radius 1 is 1.30 bits per heavy atom. The number of likely N-dealkylation sites (N-methyl/N-ethyl adjacent to an activating group) is 1. The van der Waals surface area contributed by atoms with Crippen molar-refractivity contribution in [2.45, 2.75) is 25.3 Å². The lowest BCUT2D eigenvalue weighted by molar-refractivity contribution is -0.148. The number of methoxy groups -OCH3 is 1. The van der Waals surface area contributed by atoms with Gasteiger partial charge in [0.1, 0.15) is 5.75 Å². The minimum Gasteiger partial charge on any atom is -0.497 e. The normalized spacial score (nSPS) is 17.2. The average Bonchev–Trinajstić information content (AvgIpc) is 2.47. The van der Waals surface area contributed by atoms with E-state index in [0.717, 1.165) is 11.3 Å². The van der Waals surface area contributed by atoms with Crippen LogP contribution in [-0.4, -0.2) is 37.4 Å². The monoisotopic (exact) mass is 276 g/mol. The van der Waals surface area contributed by atoms with Crippen LogP contribution in [0.2, 0.25) is 0 Å². The highest BCUT2D eigenvalue weighted by atomic mass is 16.5. The van der Waals surface area contributed by atoms with Gasteiger partial charge in [-0.3, -0.25) is 14.5 Å². The van der Waals surface area contributed by atoms with Gasteiger partial charge >= 0.3 is 0 Å². The lowest BCUT2D eigenvalue weighted by Crippen LogP contribution is -2.44. The lowest BCUT2D eigenvalue weighted by Gasteiger charge is -2.29. The minimum atomic E-state index is -0.0869. The van der Waals surface area contributed by atoms with Crippen LogP contribution in [0.5, 0.6) is 5.75 Å². The summed E-state index contributed by atoms with van der Waals surface area (Å²) >= 11 is 0. The maximum absolute atomic E-state index is 11.9. The van der Waals surface area contributed by atoms with Crippen molar-refractivity contribution in [2.24, 2.45) is 0 Å². The van der Waals surface area contributed by atoms with Crippen molar-refractivity contribution in [3.05, 3.63) is 29.8 Å². The molecule has 20 heavy (non-hydrogen) atoms. The molecule has 5 nitrogen and oxygen atoms in total. The summed E-state index contributed by atoms with van der Waals surface area (Å²) in [6, 6.07) is 7.56. The van der Waals surface area contributed by atoms with Crippen LogP contribution in [0, 0.1) is 0 Å². The molecule has 5 heteroatoms. The van der Waals surface area contributed by atoms with Gasteiger partial charge in [-0.2, -0.15) is 0 Å². The Morgan fingerprint density at radius 2 is 2.00 bits per heavy atom. The van der Waals surface area contributed by atoms with Crippen molar-refractivity contribution in [2.75, 3.05) is 20.7 Å². The average molecular weight is 276 g/mol. The van der Waals surface area contributed by atoms with Crippen LogP contribution in [0.3, 0.4) is 0 Å². The van der Waals surface area contributed by atoms with Crippen molar-refractivity contribution in [1.29, 1.82) is 0 Å². The van der Waals surface area contributed by atoms with E-state index in [4.69, 9.17) is 4.74 Å². The number of nitrogens with one attached hydrogen (secondary N) is 1. The summed E-state index contributed by atoms with van der Waals surface area (Å²) in [5.41, 5.74) is 0.998. The highest BCUT2D eigenvalue weighted by Gasteiger charge is 2.28. The van der Waals surface area contributed by atoms with Crippen LogP contribution >= 0.6 is 0 Å². The Morgan fingerprint density at radius 3 is 2.60 bits per heavy atom. The fourth-order valence-electron chi connectivity index (χ4n) is 2.41. The molecular weight excluding hydrogens is 256 g/mol. The van der Waals surface area contributed by atoms with Gasteiger partial charge in [-0.05, 0) is 31.2 Å². The molecule has 0 aromatic heterocycles. The molecule has 0 spiro atoms. The number of benzene rings is 1. The van der Waals surface area contributed by atoms with Crippen molar-refractivity contribution in [3.63, 3.8) is 0 Å². The SMILES string of the molecule is CNC(CN1C(=O)CCCC1=O)c1cccc(OC)c1. The second-order valence-electron chi connectivity index (χ2n) is 4.87. The van der Waals surface area contributed by atoms with Crippen LogP contribution in [0.15, 0.2) is 24.3 Å². The quantitative estimate of drug-likeness (QED) is 0.828. The van der Waals surface area contributed by atoms with Gasteiger partial charge in [0.05, 0.1) is 13.2 Å². The topological polar surface area (TPSA) is 58.6 Å². The molecule has 1 saturated heterocycles. The number of piperidine rings is 1. The minimum absolute atomic E-state index is 0.0793. The number of nitrogens with zero attached hydrogens (tertiary/aromatic N) is 1. The van der Waals surface area contributed by atoms with Crippen LogP contribution in [-0.2, 0) is 9.59 Å². The summed E-state index contributed by atoms with van der Waals surface area (Å²) in [5.74, 6) is 0.604. The van der Waals surface area contributed by atoms with Crippen LogP contribution in [0.4, 0.5) is 0 Å². The Hall–Kier alpha value is -1.88. The summed E-state index contributed by atoms with van der Waals surface area (Å²) in [4.78, 5) is 25.1. The van der Waals surface area contributed by atoms with Crippen LogP contribution < -0.4 is 10.1 Å². The highest BCUT2D eigenvalue weighted by molar-refractivity contribution is 5.97. The van der Waals surface area contributed by atoms with Gasteiger partial charge in [0.2, 0.25) is 11.8 Å². The van der Waals surface area contributed by atoms with Crippen molar-refractivity contribution >= 4 is 11.8 Å². The smallest absolute Gasteiger partial charge is 0.229 e. The number of imide groups is 1. The summed E-state index contributed by atoms with van der Waals surface area (Å²) in [7, 11) is 3.44. The zero-order valence-corrected chi connectivity index (χ0v) is 11.9. The highest BCUT2D eigenvalue weighted by Crippen LogP contribution is 2.22. The third kappa shape index (κ3) is 3.17. The predicted octanol–water partition coefficient (Wildman–Crippen LogP) is 1.49. The Labute approximate surface area is 118 Å². The van der Waals surface area contributed by atoms with E-state index in [0.29, 0.717) is 25.8 Å². The van der Waals surface area contributed by atoms with E-state index in [-0.39, 0.29) is 17.9 Å². The van der Waals surface area contributed by atoms with Crippen molar-refractivity contribution in [1.82, 2.24) is 10.2 Å². The molecule has 1 unspecified atom stereocenters. The zero-order valence-electron chi connectivity index (χ0n) is 11.9. The van der Waals surface area contributed by atoms with Gasteiger partial charge in [0.25, 0.3) is 0 Å². The fraction of sp³-hybridized carbons (Fsp3) is 0.467. The van der Waals surface area contributed by atoms with E-state index < -0.39 is 0 Å². The number of ether oxygens (including phenoxy) is 1. The molecule has 1 atom stereocenters. The van der Waals surface area contributed by atoms with Gasteiger partial charge in [-0.25, -0.2) is 0 Å². The molecule has 1 heterocycles. The molecule has 1 aromatic rings. The van der Waals surface area contributed by atoms with E-state index in [9.17, 15) is 9.59 Å². The molecule has 108 valence electrons. The molecule has 1 aliphatic heterocycles. The van der Waals surface area contributed by atoms with E-state index in [1.165, 1.54) is 4.90 Å². The van der Waals surface area contributed by atoms with Gasteiger partial charge in [-0.15, -0.1) is 0 Å². The van der Waals surface area contributed by atoms with Crippen LogP contribution in [0.1, 0.15) is 30.9 Å². The van der Waals surface area contributed by atoms with Gasteiger partial charge < -0.3 is 10.1 Å². The summed E-state index contributed by atoms with van der Waals surface area (Å²) < 4.78 is 5.21. The summed E-state index contributed by atoms with van der Waals surface area (Å²) in [6.45, 7) is 0.362. The summed E-state index contributed by atoms with van der Waals surface area (Å²) in [6.07, 6.45) is 1.58. The Balaban J connectivity index is 2.15. The van der Waals surface area contributed by atoms with Gasteiger partial charge in [0.15, 0.2) is 0 Å².